The standard InChI is InChI=1S/C17H26ClN3O2/c1-11(2)15(19)9-10-21(4)17(23)12(3)20-16(22)13-5-7-14(18)8-6-13/h5-8,11-12,15H,9-10,19H2,1-4H3,(H,20,22). The third-order valence-electron chi connectivity index (χ3n) is 3.85. The van der Waals surface area contributed by atoms with Gasteiger partial charge in [-0.3, -0.25) is 9.59 Å². The first kappa shape index (κ1) is 19.5. The molecule has 1 aromatic rings. The zero-order chi connectivity index (χ0) is 17.6. The molecular weight excluding hydrogens is 314 g/mol. The molecule has 0 aliphatic heterocycles. The predicted octanol–water partition coefficient (Wildman–Crippen LogP) is 2.29. The van der Waals surface area contributed by atoms with Crippen molar-refractivity contribution in [3.05, 3.63) is 34.9 Å². The topological polar surface area (TPSA) is 75.4 Å². The highest BCUT2D eigenvalue weighted by atomic mass is 35.5. The molecule has 1 rings (SSSR count). The molecule has 0 aliphatic rings. The van der Waals surface area contributed by atoms with Gasteiger partial charge in [0.1, 0.15) is 6.04 Å². The summed E-state index contributed by atoms with van der Waals surface area (Å²) < 4.78 is 0. The number of hydrogen-bond donors (Lipinski definition) is 2. The van der Waals surface area contributed by atoms with Crippen molar-refractivity contribution in [3.8, 4) is 0 Å². The van der Waals surface area contributed by atoms with Gasteiger partial charge in [-0.05, 0) is 43.5 Å². The Morgan fingerprint density at radius 1 is 1.22 bits per heavy atom. The van der Waals surface area contributed by atoms with E-state index in [1.165, 1.54) is 0 Å². The predicted molar refractivity (Wildman–Crippen MR) is 93.4 cm³/mol. The highest BCUT2D eigenvalue weighted by molar-refractivity contribution is 6.30. The number of nitrogens with zero attached hydrogens (tertiary/aromatic N) is 1. The van der Waals surface area contributed by atoms with Crippen LogP contribution >= 0.6 is 11.6 Å². The number of amides is 2. The van der Waals surface area contributed by atoms with Crippen LogP contribution in [0.25, 0.3) is 0 Å². The Morgan fingerprint density at radius 3 is 2.30 bits per heavy atom. The maximum atomic E-state index is 12.3. The van der Waals surface area contributed by atoms with Gasteiger partial charge in [0.15, 0.2) is 0 Å². The van der Waals surface area contributed by atoms with Crippen molar-refractivity contribution in [3.63, 3.8) is 0 Å². The largest absolute Gasteiger partial charge is 0.344 e. The van der Waals surface area contributed by atoms with Gasteiger partial charge in [-0.1, -0.05) is 25.4 Å². The van der Waals surface area contributed by atoms with Crippen LogP contribution < -0.4 is 11.1 Å². The second-order valence-electron chi connectivity index (χ2n) is 6.16. The number of hydrogen-bond acceptors (Lipinski definition) is 3. The molecule has 5 nitrogen and oxygen atoms in total. The summed E-state index contributed by atoms with van der Waals surface area (Å²) in [6, 6.07) is 5.99. The van der Waals surface area contributed by atoms with E-state index in [0.717, 1.165) is 6.42 Å². The molecule has 0 saturated heterocycles. The third-order valence-corrected chi connectivity index (χ3v) is 4.11. The van der Waals surface area contributed by atoms with Gasteiger partial charge < -0.3 is 16.0 Å². The number of halogens is 1. The molecule has 1 aromatic carbocycles. The van der Waals surface area contributed by atoms with Crippen molar-refractivity contribution in [1.29, 1.82) is 0 Å². The molecule has 0 heterocycles. The Kier molecular flexibility index (Phi) is 7.52. The zero-order valence-electron chi connectivity index (χ0n) is 14.2. The van der Waals surface area contributed by atoms with Gasteiger partial charge in [-0.15, -0.1) is 0 Å². The van der Waals surface area contributed by atoms with Crippen molar-refractivity contribution < 1.29 is 9.59 Å². The smallest absolute Gasteiger partial charge is 0.251 e. The normalized spacial score (nSPS) is 13.5. The Bertz CT molecular complexity index is 531. The molecule has 0 radical (unpaired) electrons. The summed E-state index contributed by atoms with van der Waals surface area (Å²) in [6.45, 7) is 6.36. The van der Waals surface area contributed by atoms with Gasteiger partial charge in [0.05, 0.1) is 0 Å². The fourth-order valence-electron chi connectivity index (χ4n) is 2.06. The number of rotatable bonds is 7. The van der Waals surface area contributed by atoms with Crippen LogP contribution in [0, 0.1) is 5.92 Å². The summed E-state index contributed by atoms with van der Waals surface area (Å²) in [5.41, 5.74) is 6.46. The summed E-state index contributed by atoms with van der Waals surface area (Å²) >= 11 is 5.79. The lowest BCUT2D eigenvalue weighted by Gasteiger charge is -2.24. The van der Waals surface area contributed by atoms with Gasteiger partial charge in [-0.2, -0.15) is 0 Å². The minimum atomic E-state index is -0.599. The molecule has 0 bridgehead atoms. The first-order valence-electron chi connectivity index (χ1n) is 7.79. The van der Waals surface area contributed by atoms with Crippen LogP contribution in [0.2, 0.25) is 5.02 Å². The molecule has 0 spiro atoms. The van der Waals surface area contributed by atoms with E-state index in [1.54, 1.807) is 43.1 Å². The molecule has 0 aromatic heterocycles. The van der Waals surface area contributed by atoms with Crippen LogP contribution in [0.3, 0.4) is 0 Å². The van der Waals surface area contributed by atoms with Gasteiger partial charge in [0.25, 0.3) is 5.91 Å². The average Bonchev–Trinajstić information content (AvgIpc) is 2.51. The van der Waals surface area contributed by atoms with Crippen LogP contribution in [0.1, 0.15) is 37.6 Å². The Labute approximate surface area is 143 Å². The first-order chi connectivity index (χ1) is 10.7. The number of benzene rings is 1. The van der Waals surface area contributed by atoms with Crippen LogP contribution in [0.15, 0.2) is 24.3 Å². The highest BCUT2D eigenvalue weighted by Gasteiger charge is 2.20. The van der Waals surface area contributed by atoms with Crippen molar-refractivity contribution in [1.82, 2.24) is 10.2 Å². The lowest BCUT2D eigenvalue weighted by atomic mass is 10.0. The summed E-state index contributed by atoms with van der Waals surface area (Å²) in [4.78, 5) is 26.0. The van der Waals surface area contributed by atoms with E-state index in [1.807, 2.05) is 0 Å². The summed E-state index contributed by atoms with van der Waals surface area (Å²) in [5.74, 6) is -0.0569. The van der Waals surface area contributed by atoms with Gasteiger partial charge in [0.2, 0.25) is 5.91 Å². The SMILES string of the molecule is CC(NC(=O)c1ccc(Cl)cc1)C(=O)N(C)CCC(N)C(C)C. The Balaban J connectivity index is 2.52. The van der Waals surface area contributed by atoms with Crippen molar-refractivity contribution in [2.75, 3.05) is 13.6 Å². The number of carbonyl (C=O) groups is 2. The molecule has 23 heavy (non-hydrogen) atoms. The summed E-state index contributed by atoms with van der Waals surface area (Å²) in [5, 5.41) is 3.26. The number of nitrogens with one attached hydrogen (secondary N) is 1. The van der Waals surface area contributed by atoms with Crippen molar-refractivity contribution in [2.45, 2.75) is 39.3 Å². The van der Waals surface area contributed by atoms with Gasteiger partial charge >= 0.3 is 0 Å². The first-order valence-corrected chi connectivity index (χ1v) is 8.17. The molecule has 0 fully saturated rings. The number of nitrogens with two attached hydrogens (primary N) is 1. The van der Waals surface area contributed by atoms with Crippen LogP contribution in [-0.2, 0) is 4.79 Å². The Morgan fingerprint density at radius 2 is 1.78 bits per heavy atom. The minimum absolute atomic E-state index is 0.0595. The summed E-state index contributed by atoms with van der Waals surface area (Å²) in [6.07, 6.45) is 0.734. The lowest BCUT2D eigenvalue weighted by molar-refractivity contribution is -0.131. The van der Waals surface area contributed by atoms with Crippen LogP contribution in [-0.4, -0.2) is 42.4 Å². The average molecular weight is 340 g/mol. The van der Waals surface area contributed by atoms with Crippen molar-refractivity contribution in [2.24, 2.45) is 11.7 Å². The molecule has 2 atom stereocenters. The van der Waals surface area contributed by atoms with E-state index in [0.29, 0.717) is 23.0 Å². The second kappa shape index (κ2) is 8.89. The second-order valence-corrected chi connectivity index (χ2v) is 6.59. The molecule has 3 N–H and O–H groups in total. The fraction of sp³-hybridized carbons (Fsp3) is 0.529. The lowest BCUT2D eigenvalue weighted by Crippen LogP contribution is -2.46. The van der Waals surface area contributed by atoms with Crippen LogP contribution in [0.4, 0.5) is 0 Å². The molecule has 2 unspecified atom stereocenters. The molecule has 0 saturated carbocycles. The maximum absolute atomic E-state index is 12.3. The van der Waals surface area contributed by atoms with Gasteiger partial charge in [-0.25, -0.2) is 0 Å². The maximum Gasteiger partial charge on any atom is 0.251 e. The highest BCUT2D eigenvalue weighted by Crippen LogP contribution is 2.10. The van der Waals surface area contributed by atoms with E-state index in [-0.39, 0.29) is 17.9 Å². The third kappa shape index (κ3) is 6.20. The number of carbonyl (C=O) groups excluding carboxylic acids is 2. The van der Waals surface area contributed by atoms with E-state index < -0.39 is 6.04 Å². The van der Waals surface area contributed by atoms with E-state index in [9.17, 15) is 9.59 Å². The van der Waals surface area contributed by atoms with E-state index in [4.69, 9.17) is 17.3 Å². The summed E-state index contributed by atoms with van der Waals surface area (Å²) in [7, 11) is 1.72. The molecule has 128 valence electrons. The molecule has 6 heteroatoms. The quantitative estimate of drug-likeness (QED) is 0.800. The van der Waals surface area contributed by atoms with E-state index in [2.05, 4.69) is 19.2 Å². The van der Waals surface area contributed by atoms with Crippen molar-refractivity contribution >= 4 is 23.4 Å². The molecule has 0 aliphatic carbocycles. The van der Waals surface area contributed by atoms with Gasteiger partial charge in [0, 0.05) is 30.2 Å². The van der Waals surface area contributed by atoms with E-state index >= 15 is 0 Å². The minimum Gasteiger partial charge on any atom is -0.344 e. The molecule has 2 amide bonds. The number of likely N-dealkylation sites (N-methyl/N-ethyl adjacent to an activating group) is 1. The Hall–Kier alpha value is -1.59. The fourth-order valence-corrected chi connectivity index (χ4v) is 2.19. The monoisotopic (exact) mass is 339 g/mol. The van der Waals surface area contributed by atoms with Crippen LogP contribution in [0.5, 0.6) is 0 Å². The molecular formula is C17H26ClN3O2. The zero-order valence-corrected chi connectivity index (χ0v) is 14.9.